The molecular weight excluding hydrogens is 198 g/mol. The minimum absolute atomic E-state index is 0.0382. The summed E-state index contributed by atoms with van der Waals surface area (Å²) in [4.78, 5) is 21.0. The number of nitrogens with zero attached hydrogens (tertiary/aromatic N) is 1. The molecule has 0 aromatic heterocycles. The molecular formula is C10H9NO4. The Bertz CT molecular complexity index is 441. The van der Waals surface area contributed by atoms with Crippen molar-refractivity contribution in [3.63, 3.8) is 0 Å². The Balaban J connectivity index is 2.41. The fourth-order valence-electron chi connectivity index (χ4n) is 1.98. The Kier molecular flexibility index (Phi) is 2.15. The minimum Gasteiger partial charge on any atom is -0.481 e. The Hall–Kier alpha value is -1.91. The van der Waals surface area contributed by atoms with E-state index in [1.165, 1.54) is 6.07 Å². The van der Waals surface area contributed by atoms with Gasteiger partial charge in [0.2, 0.25) is 0 Å². The third-order valence-electron chi connectivity index (χ3n) is 2.71. The monoisotopic (exact) mass is 207 g/mol. The van der Waals surface area contributed by atoms with Gasteiger partial charge in [0.1, 0.15) is 0 Å². The highest BCUT2D eigenvalue weighted by atomic mass is 16.6. The molecule has 15 heavy (non-hydrogen) atoms. The zero-order valence-corrected chi connectivity index (χ0v) is 7.84. The summed E-state index contributed by atoms with van der Waals surface area (Å²) in [6, 6.07) is 4.77. The number of carbonyl (C=O) groups is 1. The lowest BCUT2D eigenvalue weighted by Gasteiger charge is -1.99. The van der Waals surface area contributed by atoms with Crippen molar-refractivity contribution in [2.45, 2.75) is 12.8 Å². The average molecular weight is 207 g/mol. The van der Waals surface area contributed by atoms with Crippen LogP contribution < -0.4 is 0 Å². The number of hydrogen-bond donors (Lipinski definition) is 1. The van der Waals surface area contributed by atoms with E-state index >= 15 is 0 Å². The molecule has 1 aliphatic carbocycles. The molecule has 1 aromatic carbocycles. The standard InChI is InChI=1S/C10H9NO4/c12-10(13)7-4-6-2-1-3-9(11(14)15)8(6)5-7/h1-3,7H,4-5H2,(H,12,13)/t7-/m1/s1. The fraction of sp³-hybridized carbons (Fsp3) is 0.300. The third-order valence-corrected chi connectivity index (χ3v) is 2.71. The summed E-state index contributed by atoms with van der Waals surface area (Å²) >= 11 is 0. The molecule has 1 aliphatic rings. The number of aliphatic carboxylic acids is 1. The van der Waals surface area contributed by atoms with Crippen molar-refractivity contribution >= 4 is 11.7 Å². The van der Waals surface area contributed by atoms with E-state index in [1.807, 2.05) is 0 Å². The van der Waals surface area contributed by atoms with E-state index in [-0.39, 0.29) is 12.1 Å². The second-order valence-electron chi connectivity index (χ2n) is 3.62. The van der Waals surface area contributed by atoms with Crippen LogP contribution in [0.1, 0.15) is 11.1 Å². The molecule has 5 heteroatoms. The number of fused-ring (bicyclic) bond motifs is 1. The van der Waals surface area contributed by atoms with Crippen LogP contribution in [0, 0.1) is 16.0 Å². The van der Waals surface area contributed by atoms with Crippen molar-refractivity contribution in [1.82, 2.24) is 0 Å². The Labute approximate surface area is 85.5 Å². The number of nitro benzene ring substituents is 1. The third kappa shape index (κ3) is 1.56. The predicted molar refractivity (Wildman–Crippen MR) is 51.6 cm³/mol. The number of nitro groups is 1. The van der Waals surface area contributed by atoms with E-state index in [9.17, 15) is 14.9 Å². The average Bonchev–Trinajstić information content (AvgIpc) is 2.60. The van der Waals surface area contributed by atoms with Crippen molar-refractivity contribution in [2.75, 3.05) is 0 Å². The predicted octanol–water partition coefficient (Wildman–Crippen LogP) is 1.39. The summed E-state index contributed by atoms with van der Waals surface area (Å²) in [6.07, 6.45) is 0.661. The van der Waals surface area contributed by atoms with Gasteiger partial charge >= 0.3 is 5.97 Å². The zero-order valence-electron chi connectivity index (χ0n) is 7.84. The van der Waals surface area contributed by atoms with Gasteiger partial charge in [0.25, 0.3) is 5.69 Å². The lowest BCUT2D eigenvalue weighted by Crippen LogP contribution is -2.13. The van der Waals surface area contributed by atoms with Gasteiger partial charge in [-0.25, -0.2) is 0 Å². The molecule has 0 radical (unpaired) electrons. The normalized spacial score (nSPS) is 18.5. The largest absolute Gasteiger partial charge is 0.481 e. The van der Waals surface area contributed by atoms with Crippen LogP contribution in [0.5, 0.6) is 0 Å². The molecule has 0 aliphatic heterocycles. The molecule has 78 valence electrons. The van der Waals surface area contributed by atoms with Crippen molar-refractivity contribution in [2.24, 2.45) is 5.92 Å². The first kappa shape index (κ1) is 9.64. The van der Waals surface area contributed by atoms with E-state index in [1.54, 1.807) is 12.1 Å². The molecule has 0 bridgehead atoms. The second kappa shape index (κ2) is 3.34. The molecule has 1 N–H and O–H groups in total. The van der Waals surface area contributed by atoms with Crippen molar-refractivity contribution in [1.29, 1.82) is 0 Å². The molecule has 5 nitrogen and oxygen atoms in total. The first-order valence-electron chi connectivity index (χ1n) is 4.57. The van der Waals surface area contributed by atoms with Crippen molar-refractivity contribution in [3.8, 4) is 0 Å². The molecule has 0 fully saturated rings. The highest BCUT2D eigenvalue weighted by molar-refractivity contribution is 5.73. The maximum atomic E-state index is 10.8. The van der Waals surface area contributed by atoms with Crippen LogP contribution in [0.4, 0.5) is 5.69 Å². The van der Waals surface area contributed by atoms with Gasteiger partial charge in [-0.05, 0) is 18.4 Å². The van der Waals surface area contributed by atoms with E-state index in [0.29, 0.717) is 12.0 Å². The number of hydrogen-bond acceptors (Lipinski definition) is 3. The first-order chi connectivity index (χ1) is 7.09. The van der Waals surface area contributed by atoms with Crippen LogP contribution in [-0.2, 0) is 17.6 Å². The first-order valence-corrected chi connectivity index (χ1v) is 4.57. The molecule has 0 heterocycles. The molecule has 2 rings (SSSR count). The molecule has 0 saturated carbocycles. The van der Waals surface area contributed by atoms with Gasteiger partial charge in [-0.3, -0.25) is 14.9 Å². The second-order valence-corrected chi connectivity index (χ2v) is 3.62. The summed E-state index contributed by atoms with van der Waals surface area (Å²) in [5.74, 6) is -1.40. The summed E-state index contributed by atoms with van der Waals surface area (Å²) in [5, 5.41) is 19.5. The van der Waals surface area contributed by atoms with Crippen LogP contribution in [0.2, 0.25) is 0 Å². The lowest BCUT2D eigenvalue weighted by molar-refractivity contribution is -0.385. The van der Waals surface area contributed by atoms with Gasteiger partial charge in [0, 0.05) is 11.6 Å². The van der Waals surface area contributed by atoms with E-state index in [0.717, 1.165) is 5.56 Å². The Morgan fingerprint density at radius 3 is 2.80 bits per heavy atom. The zero-order chi connectivity index (χ0) is 11.0. The lowest BCUT2D eigenvalue weighted by atomic mass is 10.1. The maximum Gasteiger partial charge on any atom is 0.307 e. The van der Waals surface area contributed by atoms with Gasteiger partial charge in [0.05, 0.1) is 10.8 Å². The van der Waals surface area contributed by atoms with Gasteiger partial charge < -0.3 is 5.11 Å². The highest BCUT2D eigenvalue weighted by Gasteiger charge is 2.31. The fourth-order valence-corrected chi connectivity index (χ4v) is 1.98. The number of benzene rings is 1. The topological polar surface area (TPSA) is 80.4 Å². The van der Waals surface area contributed by atoms with Crippen LogP contribution in [0.15, 0.2) is 18.2 Å². The number of carboxylic acids is 1. The summed E-state index contributed by atoms with van der Waals surface area (Å²) in [6.45, 7) is 0. The van der Waals surface area contributed by atoms with Crippen LogP contribution in [0.3, 0.4) is 0 Å². The molecule has 0 unspecified atom stereocenters. The molecule has 0 amide bonds. The van der Waals surface area contributed by atoms with Gasteiger partial charge in [-0.2, -0.15) is 0 Å². The van der Waals surface area contributed by atoms with Crippen LogP contribution >= 0.6 is 0 Å². The van der Waals surface area contributed by atoms with E-state index < -0.39 is 16.8 Å². The van der Waals surface area contributed by atoms with Crippen molar-refractivity contribution < 1.29 is 14.8 Å². The quantitative estimate of drug-likeness (QED) is 0.587. The van der Waals surface area contributed by atoms with Gasteiger partial charge in [-0.1, -0.05) is 12.1 Å². The highest BCUT2D eigenvalue weighted by Crippen LogP contribution is 2.33. The minimum atomic E-state index is -0.888. The van der Waals surface area contributed by atoms with Gasteiger partial charge in [0.15, 0.2) is 0 Å². The number of rotatable bonds is 2. The number of carboxylic acid groups (broad SMARTS) is 1. The summed E-state index contributed by atoms with van der Waals surface area (Å²) in [5.41, 5.74) is 1.41. The molecule has 0 saturated heterocycles. The summed E-state index contributed by atoms with van der Waals surface area (Å²) < 4.78 is 0. The molecule has 1 atom stereocenters. The van der Waals surface area contributed by atoms with E-state index in [4.69, 9.17) is 5.11 Å². The van der Waals surface area contributed by atoms with E-state index in [2.05, 4.69) is 0 Å². The van der Waals surface area contributed by atoms with Crippen LogP contribution in [0.25, 0.3) is 0 Å². The molecule has 1 aromatic rings. The van der Waals surface area contributed by atoms with Crippen LogP contribution in [-0.4, -0.2) is 16.0 Å². The Morgan fingerprint density at radius 1 is 1.47 bits per heavy atom. The smallest absolute Gasteiger partial charge is 0.307 e. The Morgan fingerprint density at radius 2 is 2.20 bits per heavy atom. The van der Waals surface area contributed by atoms with Crippen molar-refractivity contribution in [3.05, 3.63) is 39.4 Å². The van der Waals surface area contributed by atoms with Gasteiger partial charge in [-0.15, -0.1) is 0 Å². The molecule has 0 spiro atoms. The SMILES string of the molecule is O=C(O)[C@@H]1Cc2cccc([N+](=O)[O-])c2C1. The summed E-state index contributed by atoms with van der Waals surface area (Å²) in [7, 11) is 0. The maximum absolute atomic E-state index is 10.8.